The monoisotopic (exact) mass is 301 g/mol. The van der Waals surface area contributed by atoms with E-state index in [1.165, 1.54) is 22.3 Å². The number of hydrogen-bond acceptors (Lipinski definition) is 1. The average molecular weight is 302 g/mol. The molecule has 21 heavy (non-hydrogen) atoms. The molecule has 0 fully saturated rings. The lowest BCUT2D eigenvalue weighted by Crippen LogP contribution is -2.23. The van der Waals surface area contributed by atoms with Gasteiger partial charge in [0.05, 0.1) is 0 Å². The number of aryl methyl sites for hydroxylation is 2. The topological polar surface area (TPSA) is 12.0 Å². The van der Waals surface area contributed by atoms with E-state index in [1.807, 2.05) is 12.1 Å². The van der Waals surface area contributed by atoms with E-state index in [1.54, 1.807) is 0 Å². The summed E-state index contributed by atoms with van der Waals surface area (Å²) in [5, 5.41) is 4.28. The van der Waals surface area contributed by atoms with Crippen molar-refractivity contribution in [2.24, 2.45) is 0 Å². The lowest BCUT2D eigenvalue weighted by Gasteiger charge is -2.19. The second-order valence-corrected chi connectivity index (χ2v) is 6.13. The summed E-state index contributed by atoms with van der Waals surface area (Å²) in [5.74, 6) is 0.475. The second-order valence-electron chi connectivity index (χ2n) is 5.69. The average Bonchev–Trinajstić information content (AvgIpc) is 2.48. The van der Waals surface area contributed by atoms with Crippen molar-refractivity contribution in [2.75, 3.05) is 13.1 Å². The van der Waals surface area contributed by atoms with Gasteiger partial charge in [-0.3, -0.25) is 0 Å². The molecule has 1 N–H and O–H groups in total. The normalized spacial score (nSPS) is 12.4. The van der Waals surface area contributed by atoms with E-state index in [2.05, 4.69) is 56.4 Å². The highest BCUT2D eigenvalue weighted by atomic mass is 35.5. The molecule has 0 saturated heterocycles. The molecule has 0 heterocycles. The highest BCUT2D eigenvalue weighted by Crippen LogP contribution is 2.24. The van der Waals surface area contributed by atoms with Crippen LogP contribution in [0.15, 0.2) is 42.5 Å². The molecule has 0 bridgehead atoms. The fourth-order valence-corrected chi connectivity index (χ4v) is 2.77. The Morgan fingerprint density at radius 3 is 2.43 bits per heavy atom. The summed E-state index contributed by atoms with van der Waals surface area (Å²) >= 11 is 6.01. The van der Waals surface area contributed by atoms with Crippen molar-refractivity contribution in [3.63, 3.8) is 0 Å². The van der Waals surface area contributed by atoms with E-state index in [9.17, 15) is 0 Å². The minimum Gasteiger partial charge on any atom is -0.316 e. The molecule has 0 radical (unpaired) electrons. The van der Waals surface area contributed by atoms with Crippen LogP contribution >= 0.6 is 11.6 Å². The summed E-state index contributed by atoms with van der Waals surface area (Å²) in [7, 11) is 0. The molecule has 0 aromatic heterocycles. The van der Waals surface area contributed by atoms with Crippen LogP contribution in [-0.4, -0.2) is 13.1 Å². The summed E-state index contributed by atoms with van der Waals surface area (Å²) in [5.41, 5.74) is 5.49. The molecule has 0 aliphatic carbocycles. The van der Waals surface area contributed by atoms with E-state index in [0.29, 0.717) is 5.92 Å². The number of likely N-dealkylation sites (N-methyl/N-ethyl adjacent to an activating group) is 1. The Labute approximate surface area is 133 Å². The molecule has 112 valence electrons. The van der Waals surface area contributed by atoms with Crippen LogP contribution in [0.3, 0.4) is 0 Å². The van der Waals surface area contributed by atoms with E-state index in [4.69, 9.17) is 11.6 Å². The zero-order valence-electron chi connectivity index (χ0n) is 13.1. The van der Waals surface area contributed by atoms with Crippen molar-refractivity contribution in [3.05, 3.63) is 69.7 Å². The molecule has 0 aliphatic heterocycles. The van der Waals surface area contributed by atoms with Crippen LogP contribution in [0.25, 0.3) is 0 Å². The Bertz CT molecular complexity index is 575. The Balaban J connectivity index is 2.23. The van der Waals surface area contributed by atoms with E-state index in [0.717, 1.165) is 24.5 Å². The lowest BCUT2D eigenvalue weighted by molar-refractivity contribution is 0.594. The SMILES string of the molecule is CCNCC(Cc1cc(C)ccc1C)c1ccc(Cl)cc1. The predicted octanol–water partition coefficient (Wildman–Crippen LogP) is 4.89. The molecule has 1 unspecified atom stereocenters. The Kier molecular flexibility index (Phi) is 5.84. The Morgan fingerprint density at radius 2 is 1.76 bits per heavy atom. The molecule has 2 rings (SSSR count). The summed E-state index contributed by atoms with van der Waals surface area (Å²) in [6.45, 7) is 8.49. The highest BCUT2D eigenvalue weighted by Gasteiger charge is 2.13. The van der Waals surface area contributed by atoms with Crippen molar-refractivity contribution < 1.29 is 0 Å². The summed E-state index contributed by atoms with van der Waals surface area (Å²) < 4.78 is 0. The minimum atomic E-state index is 0.475. The first-order chi connectivity index (χ1) is 10.1. The Morgan fingerprint density at radius 1 is 1.05 bits per heavy atom. The van der Waals surface area contributed by atoms with Gasteiger partial charge in [0, 0.05) is 17.5 Å². The van der Waals surface area contributed by atoms with Crippen molar-refractivity contribution in [1.29, 1.82) is 0 Å². The minimum absolute atomic E-state index is 0.475. The van der Waals surface area contributed by atoms with Crippen LogP contribution in [0, 0.1) is 13.8 Å². The third-order valence-electron chi connectivity index (χ3n) is 3.95. The maximum absolute atomic E-state index is 6.01. The van der Waals surface area contributed by atoms with Gasteiger partial charge < -0.3 is 5.32 Å². The van der Waals surface area contributed by atoms with Crippen molar-refractivity contribution in [3.8, 4) is 0 Å². The van der Waals surface area contributed by atoms with E-state index in [-0.39, 0.29) is 0 Å². The van der Waals surface area contributed by atoms with E-state index < -0.39 is 0 Å². The molecule has 1 atom stereocenters. The summed E-state index contributed by atoms with van der Waals surface area (Å²) in [4.78, 5) is 0. The first kappa shape index (κ1) is 16.1. The van der Waals surface area contributed by atoms with Crippen molar-refractivity contribution in [2.45, 2.75) is 33.1 Å². The highest BCUT2D eigenvalue weighted by molar-refractivity contribution is 6.30. The van der Waals surface area contributed by atoms with Gasteiger partial charge in [-0.25, -0.2) is 0 Å². The van der Waals surface area contributed by atoms with Crippen molar-refractivity contribution >= 4 is 11.6 Å². The van der Waals surface area contributed by atoms with Gasteiger partial charge in [0.25, 0.3) is 0 Å². The van der Waals surface area contributed by atoms with Crippen LogP contribution in [0.4, 0.5) is 0 Å². The molecule has 0 aliphatic rings. The first-order valence-corrected chi connectivity index (χ1v) is 8.00. The van der Waals surface area contributed by atoms with Gasteiger partial charge in [-0.1, -0.05) is 54.4 Å². The lowest BCUT2D eigenvalue weighted by atomic mass is 9.89. The van der Waals surface area contributed by atoms with Gasteiger partial charge in [0.1, 0.15) is 0 Å². The van der Waals surface area contributed by atoms with Gasteiger partial charge >= 0.3 is 0 Å². The van der Waals surface area contributed by atoms with Crippen molar-refractivity contribution in [1.82, 2.24) is 5.32 Å². The smallest absolute Gasteiger partial charge is 0.0406 e. The van der Waals surface area contributed by atoms with Gasteiger partial charge in [-0.2, -0.15) is 0 Å². The number of halogens is 1. The standard InChI is InChI=1S/C19H24ClN/c1-4-21-13-18(16-7-9-19(20)10-8-16)12-17-11-14(2)5-6-15(17)3/h5-11,18,21H,4,12-13H2,1-3H3. The van der Waals surface area contributed by atoms with Gasteiger partial charge in [-0.15, -0.1) is 0 Å². The zero-order chi connectivity index (χ0) is 15.2. The molecule has 2 aromatic carbocycles. The third-order valence-corrected chi connectivity index (χ3v) is 4.21. The second kappa shape index (κ2) is 7.63. The largest absolute Gasteiger partial charge is 0.316 e. The maximum atomic E-state index is 6.01. The fraction of sp³-hybridized carbons (Fsp3) is 0.368. The number of nitrogens with one attached hydrogen (secondary N) is 1. The van der Waals surface area contributed by atoms with Gasteiger partial charge in [0.2, 0.25) is 0 Å². The van der Waals surface area contributed by atoms with Crippen LogP contribution in [-0.2, 0) is 6.42 Å². The number of rotatable bonds is 6. The third kappa shape index (κ3) is 4.59. The maximum Gasteiger partial charge on any atom is 0.0406 e. The van der Waals surface area contributed by atoms with Crippen LogP contribution in [0.5, 0.6) is 0 Å². The number of hydrogen-bond donors (Lipinski definition) is 1. The first-order valence-electron chi connectivity index (χ1n) is 7.62. The van der Waals surface area contributed by atoms with Crippen LogP contribution < -0.4 is 5.32 Å². The van der Waals surface area contributed by atoms with Crippen LogP contribution in [0.1, 0.15) is 35.1 Å². The molecular weight excluding hydrogens is 278 g/mol. The molecule has 2 aromatic rings. The number of benzene rings is 2. The van der Waals surface area contributed by atoms with Gasteiger partial charge in [-0.05, 0) is 55.6 Å². The van der Waals surface area contributed by atoms with Crippen LogP contribution in [0.2, 0.25) is 5.02 Å². The molecule has 0 spiro atoms. The predicted molar refractivity (Wildman–Crippen MR) is 92.4 cm³/mol. The fourth-order valence-electron chi connectivity index (χ4n) is 2.65. The molecular formula is C19H24ClN. The van der Waals surface area contributed by atoms with E-state index >= 15 is 0 Å². The Hall–Kier alpha value is -1.31. The molecule has 2 heteroatoms. The molecule has 0 saturated carbocycles. The van der Waals surface area contributed by atoms with Gasteiger partial charge in [0.15, 0.2) is 0 Å². The zero-order valence-corrected chi connectivity index (χ0v) is 13.9. The quantitative estimate of drug-likeness (QED) is 0.801. The molecule has 1 nitrogen and oxygen atoms in total. The summed E-state index contributed by atoms with van der Waals surface area (Å²) in [6, 6.07) is 15.0. The molecule has 0 amide bonds. The summed E-state index contributed by atoms with van der Waals surface area (Å²) in [6.07, 6.45) is 1.06.